The largest absolute Gasteiger partial charge is 0.393 e. The van der Waals surface area contributed by atoms with Crippen molar-refractivity contribution in [3.05, 3.63) is 0 Å². The van der Waals surface area contributed by atoms with Crippen molar-refractivity contribution in [2.45, 2.75) is 19.5 Å². The summed E-state index contributed by atoms with van der Waals surface area (Å²) in [5.74, 6) is -1.37. The molecule has 4 heteroatoms. The summed E-state index contributed by atoms with van der Waals surface area (Å²) < 4.78 is 36.5. The van der Waals surface area contributed by atoms with Gasteiger partial charge in [-0.1, -0.05) is 6.92 Å². The molecule has 2 atom stereocenters. The van der Waals surface area contributed by atoms with Crippen molar-refractivity contribution in [3.8, 4) is 0 Å². The molecule has 0 unspecified atom stereocenters. The van der Waals surface area contributed by atoms with E-state index in [2.05, 4.69) is 5.32 Å². The Labute approximate surface area is 64.0 Å². The summed E-state index contributed by atoms with van der Waals surface area (Å²) in [5.41, 5.74) is 0. The summed E-state index contributed by atoms with van der Waals surface area (Å²) in [4.78, 5) is 0. The molecule has 1 fully saturated rings. The van der Waals surface area contributed by atoms with Gasteiger partial charge in [0.1, 0.15) is 0 Å². The van der Waals surface area contributed by atoms with Crippen LogP contribution in [0, 0.1) is 11.8 Å². The van der Waals surface area contributed by atoms with Crippen LogP contribution >= 0.6 is 0 Å². The van der Waals surface area contributed by atoms with Crippen LogP contribution in [0.15, 0.2) is 0 Å². The smallest absolute Gasteiger partial charge is 0.316 e. The molecule has 66 valence electrons. The lowest BCUT2D eigenvalue weighted by atomic mass is 9.88. The number of piperidine rings is 1. The summed E-state index contributed by atoms with van der Waals surface area (Å²) in [6.07, 6.45) is -3.39. The van der Waals surface area contributed by atoms with Gasteiger partial charge in [-0.15, -0.1) is 0 Å². The molecule has 0 amide bonds. The standard InChI is InChI=1S/C7H12F3N/c1-5-2-3-11-4-6(5)7(8,9)10/h5-6,11H,2-4H2,1H3/t5-,6-/m0/s1. The lowest BCUT2D eigenvalue weighted by Crippen LogP contribution is -2.43. The van der Waals surface area contributed by atoms with E-state index in [-0.39, 0.29) is 12.5 Å². The molecule has 1 aliphatic heterocycles. The highest BCUT2D eigenvalue weighted by molar-refractivity contribution is 4.80. The maximum Gasteiger partial charge on any atom is 0.393 e. The normalized spacial score (nSPS) is 33.8. The van der Waals surface area contributed by atoms with Crippen LogP contribution in [0.2, 0.25) is 0 Å². The average molecular weight is 167 g/mol. The van der Waals surface area contributed by atoms with E-state index in [4.69, 9.17) is 0 Å². The van der Waals surface area contributed by atoms with Gasteiger partial charge in [-0.3, -0.25) is 0 Å². The van der Waals surface area contributed by atoms with Crippen molar-refractivity contribution in [3.63, 3.8) is 0 Å². The first-order valence-corrected chi connectivity index (χ1v) is 3.79. The molecule has 1 nitrogen and oxygen atoms in total. The second kappa shape index (κ2) is 3.01. The molecule has 1 N–H and O–H groups in total. The fourth-order valence-electron chi connectivity index (χ4n) is 1.43. The topological polar surface area (TPSA) is 12.0 Å². The maximum absolute atomic E-state index is 12.2. The van der Waals surface area contributed by atoms with E-state index in [9.17, 15) is 13.2 Å². The average Bonchev–Trinajstić information content (AvgIpc) is 1.86. The van der Waals surface area contributed by atoms with Crippen molar-refractivity contribution in [2.24, 2.45) is 11.8 Å². The third kappa shape index (κ3) is 2.09. The Kier molecular flexibility index (Phi) is 2.42. The van der Waals surface area contributed by atoms with Gasteiger partial charge in [0, 0.05) is 6.54 Å². The summed E-state index contributed by atoms with van der Waals surface area (Å²) in [6, 6.07) is 0. The van der Waals surface area contributed by atoms with Gasteiger partial charge in [-0.25, -0.2) is 0 Å². The number of hydrogen-bond acceptors (Lipinski definition) is 1. The van der Waals surface area contributed by atoms with Crippen molar-refractivity contribution in [2.75, 3.05) is 13.1 Å². The molecule has 0 aromatic carbocycles. The Morgan fingerprint density at radius 1 is 1.36 bits per heavy atom. The Morgan fingerprint density at radius 3 is 2.36 bits per heavy atom. The predicted octanol–water partition coefficient (Wildman–Crippen LogP) is 1.79. The first-order chi connectivity index (χ1) is 5.02. The summed E-state index contributed by atoms with van der Waals surface area (Å²) >= 11 is 0. The molecule has 0 aromatic rings. The number of halogens is 3. The highest BCUT2D eigenvalue weighted by Gasteiger charge is 2.43. The van der Waals surface area contributed by atoms with Crippen molar-refractivity contribution in [1.82, 2.24) is 5.32 Å². The Balaban J connectivity index is 2.55. The Bertz CT molecular complexity index is 132. The molecular formula is C7H12F3N. The van der Waals surface area contributed by atoms with Crippen LogP contribution in [0.4, 0.5) is 13.2 Å². The van der Waals surface area contributed by atoms with Crippen LogP contribution in [0.25, 0.3) is 0 Å². The van der Waals surface area contributed by atoms with Gasteiger partial charge in [-0.2, -0.15) is 13.2 Å². The van der Waals surface area contributed by atoms with Crippen LogP contribution in [0.5, 0.6) is 0 Å². The Morgan fingerprint density at radius 2 is 2.00 bits per heavy atom. The first kappa shape index (κ1) is 8.84. The number of nitrogens with one attached hydrogen (secondary N) is 1. The predicted molar refractivity (Wildman–Crippen MR) is 36.2 cm³/mol. The van der Waals surface area contributed by atoms with Gasteiger partial charge in [0.25, 0.3) is 0 Å². The van der Waals surface area contributed by atoms with Gasteiger partial charge in [0.05, 0.1) is 5.92 Å². The minimum atomic E-state index is -4.02. The van der Waals surface area contributed by atoms with E-state index in [1.807, 2.05) is 0 Å². The van der Waals surface area contributed by atoms with Crippen molar-refractivity contribution < 1.29 is 13.2 Å². The highest BCUT2D eigenvalue weighted by Crippen LogP contribution is 2.34. The molecule has 0 spiro atoms. The van der Waals surface area contributed by atoms with Gasteiger partial charge in [0.2, 0.25) is 0 Å². The van der Waals surface area contributed by atoms with Gasteiger partial charge in [0.15, 0.2) is 0 Å². The lowest BCUT2D eigenvalue weighted by Gasteiger charge is -2.30. The van der Waals surface area contributed by atoms with Crippen LogP contribution in [0.1, 0.15) is 13.3 Å². The summed E-state index contributed by atoms with van der Waals surface area (Å²) in [5, 5.41) is 2.75. The highest BCUT2D eigenvalue weighted by atomic mass is 19.4. The molecule has 1 heterocycles. The van der Waals surface area contributed by atoms with E-state index in [0.29, 0.717) is 13.0 Å². The van der Waals surface area contributed by atoms with Crippen LogP contribution in [0.3, 0.4) is 0 Å². The molecule has 0 saturated carbocycles. The van der Waals surface area contributed by atoms with E-state index >= 15 is 0 Å². The molecule has 0 aliphatic carbocycles. The van der Waals surface area contributed by atoms with Crippen molar-refractivity contribution in [1.29, 1.82) is 0 Å². The zero-order chi connectivity index (χ0) is 8.48. The van der Waals surface area contributed by atoms with E-state index < -0.39 is 12.1 Å². The van der Waals surface area contributed by atoms with Crippen LogP contribution in [-0.2, 0) is 0 Å². The molecule has 1 aliphatic rings. The number of alkyl halides is 3. The molecule has 1 saturated heterocycles. The minimum absolute atomic E-state index is 0.0880. The molecule has 0 aromatic heterocycles. The van der Waals surface area contributed by atoms with E-state index in [0.717, 1.165) is 0 Å². The molecular weight excluding hydrogens is 155 g/mol. The maximum atomic E-state index is 12.2. The number of rotatable bonds is 0. The third-order valence-corrected chi connectivity index (χ3v) is 2.25. The second-order valence-electron chi connectivity index (χ2n) is 3.12. The van der Waals surface area contributed by atoms with Gasteiger partial charge >= 0.3 is 6.18 Å². The summed E-state index contributed by atoms with van der Waals surface area (Å²) in [6.45, 7) is 2.47. The van der Waals surface area contributed by atoms with E-state index in [1.54, 1.807) is 6.92 Å². The number of hydrogen-bond donors (Lipinski definition) is 1. The molecule has 1 rings (SSSR count). The fourth-order valence-corrected chi connectivity index (χ4v) is 1.43. The second-order valence-corrected chi connectivity index (χ2v) is 3.12. The monoisotopic (exact) mass is 167 g/mol. The minimum Gasteiger partial charge on any atom is -0.316 e. The van der Waals surface area contributed by atoms with E-state index in [1.165, 1.54) is 0 Å². The van der Waals surface area contributed by atoms with Gasteiger partial charge in [-0.05, 0) is 18.9 Å². The molecule has 0 bridgehead atoms. The lowest BCUT2D eigenvalue weighted by molar-refractivity contribution is -0.190. The zero-order valence-corrected chi connectivity index (χ0v) is 6.41. The zero-order valence-electron chi connectivity index (χ0n) is 6.41. The van der Waals surface area contributed by atoms with Crippen LogP contribution in [-0.4, -0.2) is 19.3 Å². The molecule has 11 heavy (non-hydrogen) atoms. The Hall–Kier alpha value is -0.250. The van der Waals surface area contributed by atoms with Crippen LogP contribution < -0.4 is 5.32 Å². The van der Waals surface area contributed by atoms with Gasteiger partial charge < -0.3 is 5.32 Å². The quantitative estimate of drug-likeness (QED) is 0.580. The SMILES string of the molecule is C[C@H]1CCNC[C@@H]1C(F)(F)F. The molecule has 0 radical (unpaired) electrons. The fraction of sp³-hybridized carbons (Fsp3) is 1.00. The first-order valence-electron chi connectivity index (χ1n) is 3.79. The third-order valence-electron chi connectivity index (χ3n) is 2.25. The van der Waals surface area contributed by atoms with Crippen molar-refractivity contribution >= 4 is 0 Å². The summed E-state index contributed by atoms with van der Waals surface area (Å²) in [7, 11) is 0.